The zero-order valence-corrected chi connectivity index (χ0v) is 15.4. The van der Waals surface area contributed by atoms with Crippen molar-refractivity contribution in [2.45, 2.75) is 38.8 Å². The molecule has 1 saturated heterocycles. The van der Waals surface area contributed by atoms with Crippen LogP contribution in [-0.2, 0) is 17.7 Å². The van der Waals surface area contributed by atoms with E-state index in [0.717, 1.165) is 31.8 Å². The highest BCUT2D eigenvalue weighted by Gasteiger charge is 2.24. The van der Waals surface area contributed by atoms with Crippen molar-refractivity contribution < 1.29 is 9.26 Å². The Morgan fingerprint density at radius 2 is 2.12 bits per heavy atom. The van der Waals surface area contributed by atoms with Gasteiger partial charge in [-0.25, -0.2) is 0 Å². The lowest BCUT2D eigenvalue weighted by Crippen LogP contribution is -2.43. The maximum absolute atomic E-state index is 5.36. The molecule has 0 bridgehead atoms. The third-order valence-corrected chi connectivity index (χ3v) is 4.88. The molecule has 1 fully saturated rings. The van der Waals surface area contributed by atoms with Gasteiger partial charge in [0.2, 0.25) is 5.89 Å². The summed E-state index contributed by atoms with van der Waals surface area (Å²) in [5.74, 6) is 1.41. The molecule has 0 aliphatic carbocycles. The fourth-order valence-electron chi connectivity index (χ4n) is 3.38. The van der Waals surface area contributed by atoms with E-state index in [1.54, 1.807) is 7.11 Å². The Hall–Kier alpha value is -1.92. The minimum Gasteiger partial charge on any atom is -0.384 e. The summed E-state index contributed by atoms with van der Waals surface area (Å²) in [5, 5.41) is 4.01. The van der Waals surface area contributed by atoms with Crippen LogP contribution >= 0.6 is 0 Å². The summed E-state index contributed by atoms with van der Waals surface area (Å²) in [6, 6.07) is 9.31. The standard InChI is InChI=1S/C19H28N4O2/c1-15-5-4-6-17(13-15)23-10-7-16(8-11-23)22(2)14-19-20-18(21-25-19)9-12-24-3/h4-6,13,16H,7-12,14H2,1-3H3. The molecule has 0 unspecified atom stereocenters. The first-order chi connectivity index (χ1) is 12.2. The van der Waals surface area contributed by atoms with Crippen LogP contribution in [0.2, 0.25) is 0 Å². The second kappa shape index (κ2) is 8.45. The summed E-state index contributed by atoms with van der Waals surface area (Å²) in [6.45, 7) is 5.64. The Labute approximate surface area is 149 Å². The summed E-state index contributed by atoms with van der Waals surface area (Å²) in [6.07, 6.45) is 2.99. The van der Waals surface area contributed by atoms with Crippen molar-refractivity contribution in [3.63, 3.8) is 0 Å². The fourth-order valence-corrected chi connectivity index (χ4v) is 3.38. The highest BCUT2D eigenvalue weighted by atomic mass is 16.5. The molecule has 0 atom stereocenters. The lowest BCUT2D eigenvalue weighted by molar-refractivity contribution is 0.177. The first-order valence-electron chi connectivity index (χ1n) is 8.98. The first kappa shape index (κ1) is 17.9. The number of ether oxygens (including phenoxy) is 1. The quantitative estimate of drug-likeness (QED) is 0.770. The summed E-state index contributed by atoms with van der Waals surface area (Å²) in [4.78, 5) is 9.26. The van der Waals surface area contributed by atoms with Crippen molar-refractivity contribution in [2.24, 2.45) is 0 Å². The number of nitrogens with zero attached hydrogens (tertiary/aromatic N) is 4. The van der Waals surface area contributed by atoms with Gasteiger partial charge in [0, 0.05) is 38.3 Å². The molecular weight excluding hydrogens is 316 g/mol. The van der Waals surface area contributed by atoms with Gasteiger partial charge in [0.1, 0.15) is 0 Å². The Balaban J connectivity index is 1.49. The molecule has 6 nitrogen and oxygen atoms in total. The van der Waals surface area contributed by atoms with Crippen molar-refractivity contribution in [1.29, 1.82) is 0 Å². The molecule has 0 radical (unpaired) electrons. The van der Waals surface area contributed by atoms with Gasteiger partial charge in [-0.05, 0) is 44.5 Å². The maximum Gasteiger partial charge on any atom is 0.240 e. The Bertz CT molecular complexity index is 665. The van der Waals surface area contributed by atoms with Gasteiger partial charge >= 0.3 is 0 Å². The van der Waals surface area contributed by atoms with Gasteiger partial charge in [0.05, 0.1) is 13.2 Å². The molecule has 0 N–H and O–H groups in total. The molecule has 1 aliphatic heterocycles. The topological polar surface area (TPSA) is 54.6 Å². The first-order valence-corrected chi connectivity index (χ1v) is 8.98. The van der Waals surface area contributed by atoms with Gasteiger partial charge in [-0.1, -0.05) is 17.3 Å². The minimum absolute atomic E-state index is 0.551. The van der Waals surface area contributed by atoms with E-state index in [1.165, 1.54) is 11.3 Å². The van der Waals surface area contributed by atoms with Crippen LogP contribution in [0, 0.1) is 6.92 Å². The Kier molecular flexibility index (Phi) is 6.04. The van der Waals surface area contributed by atoms with E-state index in [2.05, 4.69) is 58.2 Å². The molecule has 0 saturated carbocycles. The predicted octanol–water partition coefficient (Wildman–Crippen LogP) is 2.67. The molecule has 6 heteroatoms. The molecule has 3 rings (SSSR count). The van der Waals surface area contributed by atoms with Crippen LogP contribution in [0.1, 0.15) is 30.1 Å². The summed E-state index contributed by atoms with van der Waals surface area (Å²) < 4.78 is 10.4. The van der Waals surface area contributed by atoms with Crippen LogP contribution in [-0.4, -0.2) is 54.9 Å². The second-order valence-electron chi connectivity index (χ2n) is 6.82. The molecule has 25 heavy (non-hydrogen) atoms. The summed E-state index contributed by atoms with van der Waals surface area (Å²) >= 11 is 0. The Morgan fingerprint density at radius 1 is 1.32 bits per heavy atom. The predicted molar refractivity (Wildman–Crippen MR) is 97.8 cm³/mol. The van der Waals surface area contributed by atoms with Crippen molar-refractivity contribution >= 4 is 5.69 Å². The zero-order chi connectivity index (χ0) is 17.6. The van der Waals surface area contributed by atoms with Gasteiger partial charge in [-0.2, -0.15) is 4.98 Å². The minimum atomic E-state index is 0.551. The SMILES string of the molecule is COCCc1noc(CN(C)C2CCN(c3cccc(C)c3)CC2)n1. The lowest BCUT2D eigenvalue weighted by Gasteiger charge is -2.37. The van der Waals surface area contributed by atoms with Gasteiger partial charge in [0.15, 0.2) is 5.82 Å². The lowest BCUT2D eigenvalue weighted by atomic mass is 10.0. The number of aryl methyl sites for hydroxylation is 1. The molecule has 0 spiro atoms. The third-order valence-electron chi connectivity index (χ3n) is 4.88. The molecule has 136 valence electrons. The van der Waals surface area contributed by atoms with Crippen LogP contribution in [0.5, 0.6) is 0 Å². The van der Waals surface area contributed by atoms with Crippen LogP contribution in [0.15, 0.2) is 28.8 Å². The highest BCUT2D eigenvalue weighted by Crippen LogP contribution is 2.23. The Morgan fingerprint density at radius 3 is 2.84 bits per heavy atom. The number of rotatable bonds is 7. The average Bonchev–Trinajstić information content (AvgIpc) is 3.07. The number of aromatic nitrogens is 2. The van der Waals surface area contributed by atoms with E-state index in [9.17, 15) is 0 Å². The van der Waals surface area contributed by atoms with Gasteiger partial charge in [0.25, 0.3) is 0 Å². The van der Waals surface area contributed by atoms with E-state index in [0.29, 0.717) is 31.5 Å². The van der Waals surface area contributed by atoms with Gasteiger partial charge < -0.3 is 14.2 Å². The van der Waals surface area contributed by atoms with Crippen molar-refractivity contribution in [3.8, 4) is 0 Å². The van der Waals surface area contributed by atoms with Crippen molar-refractivity contribution in [3.05, 3.63) is 41.5 Å². The third kappa shape index (κ3) is 4.80. The number of hydrogen-bond donors (Lipinski definition) is 0. The monoisotopic (exact) mass is 344 g/mol. The van der Waals surface area contributed by atoms with Crippen LogP contribution in [0.25, 0.3) is 0 Å². The number of hydrogen-bond acceptors (Lipinski definition) is 6. The maximum atomic E-state index is 5.36. The normalized spacial score (nSPS) is 15.9. The number of anilines is 1. The highest BCUT2D eigenvalue weighted by molar-refractivity contribution is 5.48. The zero-order valence-electron chi connectivity index (χ0n) is 15.4. The summed E-state index contributed by atoms with van der Waals surface area (Å²) in [7, 11) is 3.82. The number of methoxy groups -OCH3 is 1. The largest absolute Gasteiger partial charge is 0.384 e. The molecule has 1 aromatic heterocycles. The van der Waals surface area contributed by atoms with Crippen LogP contribution in [0.4, 0.5) is 5.69 Å². The van der Waals surface area contributed by atoms with E-state index >= 15 is 0 Å². The average molecular weight is 344 g/mol. The van der Waals surface area contributed by atoms with Crippen LogP contribution in [0.3, 0.4) is 0 Å². The number of piperidine rings is 1. The van der Waals surface area contributed by atoms with Gasteiger partial charge in [-0.3, -0.25) is 4.90 Å². The van der Waals surface area contributed by atoms with E-state index < -0.39 is 0 Å². The van der Waals surface area contributed by atoms with E-state index in [4.69, 9.17) is 9.26 Å². The fraction of sp³-hybridized carbons (Fsp3) is 0.579. The molecular formula is C19H28N4O2. The molecule has 0 amide bonds. The van der Waals surface area contributed by atoms with Crippen molar-refractivity contribution in [1.82, 2.24) is 15.0 Å². The van der Waals surface area contributed by atoms with E-state index in [-0.39, 0.29) is 0 Å². The second-order valence-corrected chi connectivity index (χ2v) is 6.82. The molecule has 1 aromatic carbocycles. The van der Waals surface area contributed by atoms with Gasteiger partial charge in [-0.15, -0.1) is 0 Å². The summed E-state index contributed by atoms with van der Waals surface area (Å²) in [5.41, 5.74) is 2.65. The molecule has 2 aromatic rings. The van der Waals surface area contributed by atoms with Crippen LogP contribution < -0.4 is 4.90 Å². The van der Waals surface area contributed by atoms with E-state index in [1.807, 2.05) is 0 Å². The molecule has 1 aliphatic rings. The van der Waals surface area contributed by atoms with Crippen molar-refractivity contribution in [2.75, 3.05) is 38.8 Å². The molecule has 2 heterocycles. The smallest absolute Gasteiger partial charge is 0.240 e. The number of benzene rings is 1.